The molecule has 0 aliphatic carbocycles. The van der Waals surface area contributed by atoms with Gasteiger partial charge in [-0.05, 0) is 39.0 Å². The number of halogens is 1. The van der Waals surface area contributed by atoms with E-state index in [2.05, 4.69) is 15.3 Å². The molecule has 3 heterocycles. The zero-order chi connectivity index (χ0) is 20.1. The fourth-order valence-corrected chi connectivity index (χ4v) is 3.91. The van der Waals surface area contributed by atoms with Crippen LogP contribution in [-0.2, 0) is 6.54 Å². The van der Waals surface area contributed by atoms with Crippen LogP contribution in [0.1, 0.15) is 42.4 Å². The van der Waals surface area contributed by atoms with E-state index in [4.69, 9.17) is 0 Å². The molecule has 1 fully saturated rings. The van der Waals surface area contributed by atoms with Crippen LogP contribution in [0.15, 0.2) is 29.3 Å². The Hall–Kier alpha value is -2.80. The van der Waals surface area contributed by atoms with E-state index in [0.717, 1.165) is 23.9 Å². The Labute approximate surface area is 163 Å². The van der Waals surface area contributed by atoms with Gasteiger partial charge in [0, 0.05) is 42.5 Å². The van der Waals surface area contributed by atoms with Crippen LogP contribution in [0.5, 0.6) is 5.75 Å². The molecular weight excluding hydrogens is 359 g/mol. The number of rotatable bonds is 2. The molecule has 0 bridgehead atoms. The number of carbonyl (C=O) groups is 1. The van der Waals surface area contributed by atoms with Crippen molar-refractivity contribution in [2.45, 2.75) is 32.9 Å². The number of benzene rings is 1. The van der Waals surface area contributed by atoms with E-state index in [-0.39, 0.29) is 22.8 Å². The maximum absolute atomic E-state index is 14.4. The third-order valence-corrected chi connectivity index (χ3v) is 5.43. The first kappa shape index (κ1) is 18.6. The Kier molecular flexibility index (Phi) is 4.42. The first-order chi connectivity index (χ1) is 13.3. The fourth-order valence-electron chi connectivity index (χ4n) is 3.91. The highest BCUT2D eigenvalue weighted by Gasteiger charge is 2.36. The van der Waals surface area contributed by atoms with E-state index in [1.807, 2.05) is 25.7 Å². The molecule has 1 aromatic carbocycles. The van der Waals surface area contributed by atoms with Crippen LogP contribution in [0.4, 0.5) is 4.39 Å². The van der Waals surface area contributed by atoms with Crippen molar-refractivity contribution in [1.82, 2.24) is 15.2 Å². The van der Waals surface area contributed by atoms with E-state index >= 15 is 0 Å². The van der Waals surface area contributed by atoms with Gasteiger partial charge in [0.1, 0.15) is 11.6 Å². The molecule has 1 aromatic heterocycles. The van der Waals surface area contributed by atoms with E-state index in [1.54, 1.807) is 6.07 Å². The van der Waals surface area contributed by atoms with Crippen molar-refractivity contribution in [3.05, 3.63) is 46.9 Å². The molecule has 2 aromatic rings. The number of nitrogens with one attached hydrogen (secondary N) is 1. The first-order valence-corrected chi connectivity index (χ1v) is 9.35. The Morgan fingerprint density at radius 3 is 2.82 bits per heavy atom. The number of pyridine rings is 1. The summed E-state index contributed by atoms with van der Waals surface area (Å²) in [6.45, 7) is 8.34. The number of aliphatic imine (C=N–C) groups is 1. The summed E-state index contributed by atoms with van der Waals surface area (Å²) in [5.41, 5.74) is 2.99. The van der Waals surface area contributed by atoms with Crippen molar-refractivity contribution in [3.8, 4) is 17.0 Å². The minimum Gasteiger partial charge on any atom is -0.508 e. The third kappa shape index (κ3) is 3.05. The number of aromatic nitrogens is 1. The summed E-state index contributed by atoms with van der Waals surface area (Å²) in [6.07, 6.45) is 0. The number of carbonyl (C=O) groups excluding carboxylic acids is 1. The van der Waals surface area contributed by atoms with Crippen molar-refractivity contribution in [2.24, 2.45) is 4.99 Å². The van der Waals surface area contributed by atoms with Crippen molar-refractivity contribution < 1.29 is 14.3 Å². The lowest BCUT2D eigenvalue weighted by Crippen LogP contribution is -2.60. The minimum absolute atomic E-state index is 0.0953. The quantitative estimate of drug-likeness (QED) is 0.837. The molecule has 0 saturated carbocycles. The second-order valence-corrected chi connectivity index (χ2v) is 7.89. The summed E-state index contributed by atoms with van der Waals surface area (Å²) in [5, 5.41) is 12.8. The van der Waals surface area contributed by atoms with Gasteiger partial charge in [-0.25, -0.2) is 9.37 Å². The van der Waals surface area contributed by atoms with Crippen LogP contribution in [0.2, 0.25) is 0 Å². The third-order valence-electron chi connectivity index (χ3n) is 5.43. The molecule has 0 unspecified atom stereocenters. The number of amides is 1. The molecule has 0 spiro atoms. The topological polar surface area (TPSA) is 77.8 Å². The van der Waals surface area contributed by atoms with Crippen molar-refractivity contribution in [2.75, 3.05) is 19.6 Å². The zero-order valence-corrected chi connectivity index (χ0v) is 16.2. The smallest absolute Gasteiger partial charge is 0.255 e. The van der Waals surface area contributed by atoms with Gasteiger partial charge >= 0.3 is 0 Å². The number of hydrogen-bond donors (Lipinski definition) is 2. The van der Waals surface area contributed by atoms with Gasteiger partial charge in [0.2, 0.25) is 0 Å². The Morgan fingerprint density at radius 1 is 1.32 bits per heavy atom. The van der Waals surface area contributed by atoms with Crippen molar-refractivity contribution in [3.63, 3.8) is 0 Å². The SMILES string of the molecule is CC1=NCc2nc(-c3ccc(O)cc3F)cc(C(=O)N3CCNCC3(C)C)c21. The van der Waals surface area contributed by atoms with Crippen LogP contribution >= 0.6 is 0 Å². The summed E-state index contributed by atoms with van der Waals surface area (Å²) >= 11 is 0. The van der Waals surface area contributed by atoms with Crippen LogP contribution in [0.3, 0.4) is 0 Å². The van der Waals surface area contributed by atoms with Gasteiger partial charge in [-0.3, -0.25) is 9.79 Å². The number of piperazine rings is 1. The lowest BCUT2D eigenvalue weighted by atomic mass is 9.95. The second kappa shape index (κ2) is 6.67. The lowest BCUT2D eigenvalue weighted by molar-refractivity contribution is 0.0477. The summed E-state index contributed by atoms with van der Waals surface area (Å²) < 4.78 is 14.4. The van der Waals surface area contributed by atoms with Gasteiger partial charge in [-0.2, -0.15) is 0 Å². The van der Waals surface area contributed by atoms with Gasteiger partial charge in [-0.15, -0.1) is 0 Å². The predicted molar refractivity (Wildman–Crippen MR) is 105 cm³/mol. The average molecular weight is 382 g/mol. The van der Waals surface area contributed by atoms with Crippen LogP contribution in [0, 0.1) is 5.82 Å². The van der Waals surface area contributed by atoms with Crippen molar-refractivity contribution >= 4 is 11.6 Å². The first-order valence-electron chi connectivity index (χ1n) is 9.35. The second-order valence-electron chi connectivity index (χ2n) is 7.89. The summed E-state index contributed by atoms with van der Waals surface area (Å²) in [7, 11) is 0. The number of fused-ring (bicyclic) bond motifs is 1. The Bertz CT molecular complexity index is 1000. The minimum atomic E-state index is -0.580. The van der Waals surface area contributed by atoms with Gasteiger partial charge in [0.05, 0.1) is 29.0 Å². The fraction of sp³-hybridized carbons (Fsp3) is 0.381. The molecule has 6 nitrogen and oxygen atoms in total. The molecule has 4 rings (SSSR count). The lowest BCUT2D eigenvalue weighted by Gasteiger charge is -2.43. The van der Waals surface area contributed by atoms with Crippen LogP contribution < -0.4 is 5.32 Å². The molecule has 2 aliphatic heterocycles. The normalized spacial score (nSPS) is 18.0. The van der Waals surface area contributed by atoms with E-state index in [1.165, 1.54) is 12.1 Å². The Morgan fingerprint density at radius 2 is 2.11 bits per heavy atom. The number of nitrogens with zero attached hydrogens (tertiary/aromatic N) is 3. The maximum atomic E-state index is 14.4. The van der Waals surface area contributed by atoms with Gasteiger partial charge in [-0.1, -0.05) is 0 Å². The molecule has 0 atom stereocenters. The van der Waals surface area contributed by atoms with E-state index in [9.17, 15) is 14.3 Å². The Balaban J connectivity index is 1.85. The number of hydrogen-bond acceptors (Lipinski definition) is 5. The summed E-state index contributed by atoms with van der Waals surface area (Å²) in [6, 6.07) is 5.59. The van der Waals surface area contributed by atoms with Gasteiger partial charge < -0.3 is 15.3 Å². The molecular formula is C21H23FN4O2. The van der Waals surface area contributed by atoms with Crippen LogP contribution in [-0.4, -0.2) is 51.8 Å². The number of aromatic hydroxyl groups is 1. The highest BCUT2D eigenvalue weighted by atomic mass is 19.1. The molecule has 7 heteroatoms. The largest absolute Gasteiger partial charge is 0.508 e. The van der Waals surface area contributed by atoms with Gasteiger partial charge in [0.25, 0.3) is 5.91 Å². The molecule has 146 valence electrons. The van der Waals surface area contributed by atoms with E-state index < -0.39 is 5.82 Å². The highest BCUT2D eigenvalue weighted by molar-refractivity contribution is 6.11. The number of phenols is 1. The molecule has 1 amide bonds. The zero-order valence-electron chi connectivity index (χ0n) is 16.2. The standard InChI is InChI=1S/C21H23FN4O2/c1-12-19-15(20(28)26-7-6-23-11-21(26,2)3)9-17(25-18(19)10-24-12)14-5-4-13(27)8-16(14)22/h4-5,8-9,23,27H,6-7,10-11H2,1-3H3. The maximum Gasteiger partial charge on any atom is 0.255 e. The van der Waals surface area contributed by atoms with Gasteiger partial charge in [0.15, 0.2) is 0 Å². The molecule has 2 aliphatic rings. The average Bonchev–Trinajstić information content (AvgIpc) is 3.01. The molecule has 1 saturated heterocycles. The van der Waals surface area contributed by atoms with Crippen LogP contribution in [0.25, 0.3) is 11.3 Å². The summed E-state index contributed by atoms with van der Waals surface area (Å²) in [5.74, 6) is -0.827. The van der Waals surface area contributed by atoms with E-state index in [0.29, 0.717) is 36.6 Å². The molecule has 0 radical (unpaired) electrons. The molecule has 28 heavy (non-hydrogen) atoms. The monoisotopic (exact) mass is 382 g/mol. The van der Waals surface area contributed by atoms with Crippen molar-refractivity contribution in [1.29, 1.82) is 0 Å². The number of phenolic OH excluding ortho intramolecular Hbond substituents is 1. The predicted octanol–water partition coefficient (Wildman–Crippen LogP) is 2.74. The summed E-state index contributed by atoms with van der Waals surface area (Å²) in [4.78, 5) is 24.4. The highest BCUT2D eigenvalue weighted by Crippen LogP contribution is 2.31. The molecule has 2 N–H and O–H groups in total.